The minimum Gasteiger partial charge on any atom is -1.00 e. The number of halogens is 2. The monoisotopic (exact) mass is 676 g/mol. The zero-order valence-corrected chi connectivity index (χ0v) is 29.5. The Labute approximate surface area is 293 Å². The SMILES string of the molecule is CCc1ccc(C(=O)Nc2ccc(Oc3ccc(NC(=O)c4ccc(CCCCCCCC[N+](C)(C)C)cc4)cc3)cc2)cc1.[Cl-].[Cl-]. The standard InChI is InChI=1S/C39H47N3O3.2ClH/c1-5-30-13-17-32(18-14-30)38(43)40-34-21-25-36(26-22-34)45-37-27-23-35(24-28-37)41-39(44)33-19-15-31(16-20-33)12-10-8-6-7-9-11-29-42(2,3)4;;/h13-28H,5-12,29H2,1-4H3,(H-,40,41,43,44);2*1H/p-1. The van der Waals surface area contributed by atoms with Gasteiger partial charge in [-0.2, -0.15) is 0 Å². The second-order valence-corrected chi connectivity index (χ2v) is 12.7. The summed E-state index contributed by atoms with van der Waals surface area (Å²) in [6.45, 7) is 3.33. The first kappa shape index (κ1) is 39.3. The lowest BCUT2D eigenvalue weighted by Crippen LogP contribution is -3.00. The first-order valence-corrected chi connectivity index (χ1v) is 16.2. The second-order valence-electron chi connectivity index (χ2n) is 12.7. The Morgan fingerprint density at radius 2 is 0.957 bits per heavy atom. The van der Waals surface area contributed by atoms with E-state index in [0.29, 0.717) is 34.0 Å². The predicted octanol–water partition coefficient (Wildman–Crippen LogP) is 3.14. The van der Waals surface area contributed by atoms with Crippen molar-refractivity contribution >= 4 is 23.2 Å². The molecule has 2 N–H and O–H groups in total. The molecule has 4 aromatic rings. The summed E-state index contributed by atoms with van der Waals surface area (Å²) >= 11 is 0. The van der Waals surface area contributed by atoms with Gasteiger partial charge >= 0.3 is 0 Å². The van der Waals surface area contributed by atoms with Crippen LogP contribution in [0.15, 0.2) is 97.1 Å². The fraction of sp³-hybridized carbons (Fsp3) is 0.333. The molecule has 0 saturated heterocycles. The number of anilines is 2. The van der Waals surface area contributed by atoms with Crippen LogP contribution in [0.25, 0.3) is 0 Å². The first-order chi connectivity index (χ1) is 21.7. The number of carbonyl (C=O) groups excluding carboxylic acids is 2. The average Bonchev–Trinajstić information content (AvgIpc) is 3.04. The molecule has 252 valence electrons. The molecule has 4 rings (SSSR count). The van der Waals surface area contributed by atoms with Gasteiger partial charge in [0.15, 0.2) is 0 Å². The van der Waals surface area contributed by atoms with Crippen LogP contribution in [-0.2, 0) is 12.8 Å². The van der Waals surface area contributed by atoms with Crippen LogP contribution < -0.4 is 40.2 Å². The normalized spacial score (nSPS) is 10.7. The lowest BCUT2D eigenvalue weighted by atomic mass is 10.0. The quantitative estimate of drug-likeness (QED) is 0.142. The lowest BCUT2D eigenvalue weighted by Gasteiger charge is -2.23. The predicted molar refractivity (Wildman–Crippen MR) is 185 cm³/mol. The molecule has 0 unspecified atom stereocenters. The van der Waals surface area contributed by atoms with Crippen LogP contribution in [0.1, 0.15) is 77.3 Å². The smallest absolute Gasteiger partial charge is 0.255 e. The third-order valence-electron chi connectivity index (χ3n) is 7.84. The Kier molecular flexibility index (Phi) is 16.5. The molecule has 0 aliphatic heterocycles. The number of aryl methyl sites for hydroxylation is 2. The highest BCUT2D eigenvalue weighted by Crippen LogP contribution is 2.25. The third kappa shape index (κ3) is 13.8. The van der Waals surface area contributed by atoms with Gasteiger partial charge in [0, 0.05) is 22.5 Å². The number of carbonyl (C=O) groups is 2. The summed E-state index contributed by atoms with van der Waals surface area (Å²) in [6.07, 6.45) is 9.66. The number of unbranched alkanes of at least 4 members (excludes halogenated alkanes) is 5. The fourth-order valence-corrected chi connectivity index (χ4v) is 5.09. The van der Waals surface area contributed by atoms with Crippen molar-refractivity contribution in [3.63, 3.8) is 0 Å². The summed E-state index contributed by atoms with van der Waals surface area (Å²) in [5.74, 6) is 1.01. The van der Waals surface area contributed by atoms with Crippen molar-refractivity contribution in [2.45, 2.75) is 58.3 Å². The highest BCUT2D eigenvalue weighted by molar-refractivity contribution is 6.04. The number of hydrogen-bond donors (Lipinski definition) is 2. The van der Waals surface area contributed by atoms with Gasteiger partial charge in [0.05, 0.1) is 27.7 Å². The Morgan fingerprint density at radius 1 is 0.553 bits per heavy atom. The number of benzene rings is 4. The van der Waals surface area contributed by atoms with Crippen LogP contribution in [-0.4, -0.2) is 44.0 Å². The highest BCUT2D eigenvalue weighted by Gasteiger charge is 2.09. The van der Waals surface area contributed by atoms with E-state index in [0.717, 1.165) is 17.3 Å². The van der Waals surface area contributed by atoms with Crippen molar-refractivity contribution in [1.82, 2.24) is 0 Å². The maximum absolute atomic E-state index is 12.8. The fourth-order valence-electron chi connectivity index (χ4n) is 5.09. The van der Waals surface area contributed by atoms with Gasteiger partial charge in [-0.3, -0.25) is 9.59 Å². The van der Waals surface area contributed by atoms with E-state index in [1.54, 1.807) is 0 Å². The van der Waals surface area contributed by atoms with Gasteiger partial charge < -0.3 is 44.7 Å². The van der Waals surface area contributed by atoms with Crippen LogP contribution in [0.3, 0.4) is 0 Å². The Morgan fingerprint density at radius 3 is 1.38 bits per heavy atom. The van der Waals surface area contributed by atoms with Crippen LogP contribution in [0.4, 0.5) is 11.4 Å². The zero-order chi connectivity index (χ0) is 32.1. The highest BCUT2D eigenvalue weighted by atomic mass is 35.5. The van der Waals surface area contributed by atoms with E-state index in [2.05, 4.69) is 50.8 Å². The van der Waals surface area contributed by atoms with E-state index in [1.165, 1.54) is 56.2 Å². The Balaban J connectivity index is 0.00000384. The molecule has 0 atom stereocenters. The number of ether oxygens (including phenoxy) is 1. The summed E-state index contributed by atoms with van der Waals surface area (Å²) in [7, 11) is 6.76. The van der Waals surface area contributed by atoms with Crippen LogP contribution in [0, 0.1) is 0 Å². The summed E-state index contributed by atoms with van der Waals surface area (Å²) in [5, 5.41) is 5.88. The van der Waals surface area contributed by atoms with Gasteiger partial charge in [-0.15, -0.1) is 0 Å². The van der Waals surface area contributed by atoms with Crippen molar-refractivity contribution in [3.8, 4) is 11.5 Å². The van der Waals surface area contributed by atoms with E-state index >= 15 is 0 Å². The lowest BCUT2D eigenvalue weighted by molar-refractivity contribution is -0.870. The van der Waals surface area contributed by atoms with E-state index in [-0.39, 0.29) is 36.6 Å². The van der Waals surface area contributed by atoms with Crippen molar-refractivity contribution in [2.24, 2.45) is 0 Å². The number of amides is 2. The molecular formula is C39H48Cl2N3O3-. The van der Waals surface area contributed by atoms with Crippen molar-refractivity contribution < 1.29 is 43.6 Å². The molecule has 6 nitrogen and oxygen atoms in total. The molecule has 0 aliphatic rings. The van der Waals surface area contributed by atoms with Gasteiger partial charge in [0.25, 0.3) is 11.8 Å². The van der Waals surface area contributed by atoms with Crippen molar-refractivity contribution in [1.29, 1.82) is 0 Å². The molecule has 0 aliphatic carbocycles. The summed E-state index contributed by atoms with van der Waals surface area (Å²) in [6, 6.07) is 30.1. The van der Waals surface area contributed by atoms with Crippen LogP contribution >= 0.6 is 0 Å². The van der Waals surface area contributed by atoms with Gasteiger partial charge in [0.2, 0.25) is 0 Å². The van der Waals surface area contributed by atoms with Gasteiger partial charge in [-0.05, 0) is 116 Å². The Hall–Kier alpha value is -3.84. The number of nitrogens with one attached hydrogen (secondary N) is 2. The molecule has 0 radical (unpaired) electrons. The average molecular weight is 678 g/mol. The van der Waals surface area contributed by atoms with E-state index < -0.39 is 0 Å². The van der Waals surface area contributed by atoms with E-state index in [4.69, 9.17) is 4.74 Å². The van der Waals surface area contributed by atoms with Gasteiger partial charge in [-0.1, -0.05) is 50.5 Å². The molecular weight excluding hydrogens is 629 g/mol. The number of nitrogens with zero attached hydrogens (tertiary/aromatic N) is 1. The Bertz CT molecular complexity index is 1500. The molecule has 0 spiro atoms. The molecule has 0 fully saturated rings. The second kappa shape index (κ2) is 19.7. The maximum atomic E-state index is 12.8. The molecule has 0 aromatic heterocycles. The summed E-state index contributed by atoms with van der Waals surface area (Å²) in [5.41, 5.74) is 5.12. The molecule has 0 saturated carbocycles. The topological polar surface area (TPSA) is 67.4 Å². The van der Waals surface area contributed by atoms with Crippen molar-refractivity contribution in [3.05, 3.63) is 119 Å². The molecule has 0 heterocycles. The molecule has 0 bridgehead atoms. The minimum atomic E-state index is -0.150. The van der Waals surface area contributed by atoms with Gasteiger partial charge in [-0.25, -0.2) is 0 Å². The number of hydrogen-bond acceptors (Lipinski definition) is 3. The molecule has 8 heteroatoms. The third-order valence-corrected chi connectivity index (χ3v) is 7.84. The first-order valence-electron chi connectivity index (χ1n) is 16.2. The zero-order valence-electron chi connectivity index (χ0n) is 28.0. The minimum absolute atomic E-state index is 0. The summed E-state index contributed by atoms with van der Waals surface area (Å²) in [4.78, 5) is 25.3. The summed E-state index contributed by atoms with van der Waals surface area (Å²) < 4.78 is 7.00. The number of rotatable bonds is 16. The van der Waals surface area contributed by atoms with E-state index in [9.17, 15) is 9.59 Å². The van der Waals surface area contributed by atoms with Crippen LogP contribution in [0.2, 0.25) is 0 Å². The van der Waals surface area contributed by atoms with Gasteiger partial charge in [0.1, 0.15) is 11.5 Å². The van der Waals surface area contributed by atoms with E-state index in [1.807, 2.05) is 84.9 Å². The molecule has 2 amide bonds. The number of quaternary nitrogens is 1. The molecule has 47 heavy (non-hydrogen) atoms. The maximum Gasteiger partial charge on any atom is 0.255 e. The van der Waals surface area contributed by atoms with Crippen molar-refractivity contribution in [2.75, 3.05) is 38.3 Å². The van der Waals surface area contributed by atoms with Crippen LogP contribution in [0.5, 0.6) is 11.5 Å². The largest absolute Gasteiger partial charge is 1.00 e. The molecule has 4 aromatic carbocycles.